The molecular formula is C19H41NO3. The van der Waals surface area contributed by atoms with Gasteiger partial charge in [-0.25, -0.2) is 0 Å². The van der Waals surface area contributed by atoms with Gasteiger partial charge in [0.1, 0.15) is 0 Å². The van der Waals surface area contributed by atoms with Gasteiger partial charge in [0.25, 0.3) is 6.16 Å². The highest BCUT2D eigenvalue weighted by atomic mass is 16.7. The molecule has 0 radical (unpaired) electrons. The number of rotatable bonds is 13. The van der Waals surface area contributed by atoms with Crippen molar-refractivity contribution in [1.29, 1.82) is 0 Å². The van der Waals surface area contributed by atoms with Crippen LogP contribution in [0.1, 0.15) is 85.0 Å². The number of unbranched alkanes of at least 4 members (excludes halogenated alkanes) is 9. The van der Waals surface area contributed by atoms with Gasteiger partial charge in [-0.05, 0) is 26.7 Å². The Morgan fingerprint density at radius 2 is 1.26 bits per heavy atom. The lowest BCUT2D eigenvalue weighted by atomic mass is 10.1. The molecule has 0 heterocycles. The van der Waals surface area contributed by atoms with Gasteiger partial charge in [0.05, 0.1) is 27.2 Å². The molecule has 0 aliphatic heterocycles. The summed E-state index contributed by atoms with van der Waals surface area (Å²) >= 11 is 0. The molecule has 0 unspecified atom stereocenters. The molecule has 0 saturated carbocycles. The van der Waals surface area contributed by atoms with E-state index >= 15 is 0 Å². The monoisotopic (exact) mass is 331 g/mol. The minimum absolute atomic E-state index is 0.169. The summed E-state index contributed by atoms with van der Waals surface area (Å²) in [6.07, 6.45) is 13.0. The number of hydrogen-bond acceptors (Lipinski definition) is 3. The standard InChI is InChI=1S/C16H36N.C3H6O3/c1-5-7-8-9-10-11-12-13-14-15-16-17(3,4)6-2;1-2-6-3(4)5/h5-16H2,1-4H3;2H2,1H3,(H,4,5)/q+1;/p-1. The van der Waals surface area contributed by atoms with E-state index < -0.39 is 6.16 Å². The quantitative estimate of drug-likeness (QED) is 0.286. The Hall–Kier alpha value is -0.770. The van der Waals surface area contributed by atoms with E-state index in [0.717, 1.165) is 0 Å². The third-order valence-corrected chi connectivity index (χ3v) is 4.24. The summed E-state index contributed by atoms with van der Waals surface area (Å²) in [5.41, 5.74) is 0. The molecule has 4 heteroatoms. The Balaban J connectivity index is 0. The minimum Gasteiger partial charge on any atom is -0.550 e. The van der Waals surface area contributed by atoms with E-state index in [1.807, 2.05) is 0 Å². The second-order valence-electron chi connectivity index (χ2n) is 6.84. The Morgan fingerprint density at radius 1 is 0.826 bits per heavy atom. The van der Waals surface area contributed by atoms with Crippen molar-refractivity contribution in [2.75, 3.05) is 33.8 Å². The topological polar surface area (TPSA) is 49.4 Å². The van der Waals surface area contributed by atoms with Crippen molar-refractivity contribution in [3.63, 3.8) is 0 Å². The number of quaternary nitrogens is 1. The summed E-state index contributed by atoms with van der Waals surface area (Å²) in [5, 5.41) is 9.27. The van der Waals surface area contributed by atoms with E-state index in [4.69, 9.17) is 0 Å². The zero-order valence-corrected chi connectivity index (χ0v) is 16.4. The molecule has 0 spiro atoms. The van der Waals surface area contributed by atoms with Gasteiger partial charge in [-0.15, -0.1) is 0 Å². The highest BCUT2D eigenvalue weighted by molar-refractivity contribution is 5.53. The van der Waals surface area contributed by atoms with E-state index in [0.29, 0.717) is 0 Å². The summed E-state index contributed by atoms with van der Waals surface area (Å²) in [5.74, 6) is 0. The lowest BCUT2D eigenvalue weighted by molar-refractivity contribution is -0.888. The molecule has 0 fully saturated rings. The number of nitrogens with zero attached hydrogens (tertiary/aromatic N) is 1. The van der Waals surface area contributed by atoms with Crippen LogP contribution in [0.2, 0.25) is 0 Å². The van der Waals surface area contributed by atoms with Crippen LogP contribution in [-0.2, 0) is 4.74 Å². The van der Waals surface area contributed by atoms with Gasteiger partial charge in [-0.1, -0.05) is 58.3 Å². The maximum atomic E-state index is 9.27. The molecule has 0 atom stereocenters. The lowest BCUT2D eigenvalue weighted by Gasteiger charge is -2.28. The zero-order chi connectivity index (χ0) is 18.0. The highest BCUT2D eigenvalue weighted by Gasteiger charge is 2.09. The molecule has 0 aromatic heterocycles. The Kier molecular flexibility index (Phi) is 18.7. The van der Waals surface area contributed by atoms with Crippen LogP contribution in [0.15, 0.2) is 0 Å². The van der Waals surface area contributed by atoms with Crippen molar-refractivity contribution in [2.24, 2.45) is 0 Å². The van der Waals surface area contributed by atoms with Crippen LogP contribution in [0.3, 0.4) is 0 Å². The predicted molar refractivity (Wildman–Crippen MR) is 96.4 cm³/mol. The minimum atomic E-state index is -1.46. The van der Waals surface area contributed by atoms with Gasteiger partial charge in [0.15, 0.2) is 0 Å². The normalized spacial score (nSPS) is 10.8. The second kappa shape index (κ2) is 17.6. The molecule has 0 amide bonds. The van der Waals surface area contributed by atoms with E-state index in [-0.39, 0.29) is 6.61 Å². The summed E-state index contributed by atoms with van der Waals surface area (Å²) in [6.45, 7) is 8.94. The van der Waals surface area contributed by atoms with Crippen LogP contribution < -0.4 is 5.11 Å². The number of carbonyl (C=O) groups is 1. The highest BCUT2D eigenvalue weighted by Crippen LogP contribution is 2.11. The fraction of sp³-hybridized carbons (Fsp3) is 0.947. The molecule has 4 nitrogen and oxygen atoms in total. The third-order valence-electron chi connectivity index (χ3n) is 4.24. The van der Waals surface area contributed by atoms with E-state index in [1.54, 1.807) is 6.92 Å². The van der Waals surface area contributed by atoms with E-state index in [2.05, 4.69) is 32.7 Å². The predicted octanol–water partition coefficient (Wildman–Crippen LogP) is 4.37. The van der Waals surface area contributed by atoms with Crippen LogP contribution in [-0.4, -0.2) is 44.4 Å². The summed E-state index contributed by atoms with van der Waals surface area (Å²) < 4.78 is 5.04. The number of carbonyl (C=O) groups excluding carboxylic acids is 1. The van der Waals surface area contributed by atoms with Gasteiger partial charge in [0, 0.05) is 6.61 Å². The van der Waals surface area contributed by atoms with Gasteiger partial charge in [0.2, 0.25) is 0 Å². The first kappa shape index (κ1) is 24.5. The molecule has 0 aliphatic rings. The van der Waals surface area contributed by atoms with Crippen molar-refractivity contribution in [1.82, 2.24) is 0 Å². The number of carboxylic acid groups (broad SMARTS) is 1. The van der Waals surface area contributed by atoms with Crippen LogP contribution >= 0.6 is 0 Å². The Labute approximate surface area is 144 Å². The molecule has 23 heavy (non-hydrogen) atoms. The third kappa shape index (κ3) is 23.6. The van der Waals surface area contributed by atoms with E-state index in [1.165, 1.54) is 81.8 Å². The molecule has 0 aromatic carbocycles. The van der Waals surface area contributed by atoms with Crippen LogP contribution in [0.25, 0.3) is 0 Å². The van der Waals surface area contributed by atoms with E-state index in [9.17, 15) is 9.90 Å². The average Bonchev–Trinajstić information content (AvgIpc) is 2.49. The number of ether oxygens (including phenoxy) is 1. The maximum absolute atomic E-state index is 9.27. The summed E-state index contributed by atoms with van der Waals surface area (Å²) in [4.78, 5) is 9.27. The molecule has 0 aromatic rings. The SMILES string of the molecule is CCCCCCCCCCCC[N+](C)(C)CC.CCOC(=O)[O-]. The number of hydrogen-bond donors (Lipinski definition) is 0. The Bertz CT molecular complexity index is 255. The zero-order valence-electron chi connectivity index (χ0n) is 16.4. The van der Waals surface area contributed by atoms with Crippen molar-refractivity contribution >= 4 is 6.16 Å². The first-order valence-corrected chi connectivity index (χ1v) is 9.55. The Morgan fingerprint density at radius 3 is 1.57 bits per heavy atom. The van der Waals surface area contributed by atoms with Gasteiger partial charge in [-0.3, -0.25) is 0 Å². The van der Waals surface area contributed by atoms with Gasteiger partial charge >= 0.3 is 0 Å². The fourth-order valence-corrected chi connectivity index (χ4v) is 2.30. The first-order chi connectivity index (χ1) is 10.9. The molecule has 0 bridgehead atoms. The average molecular weight is 332 g/mol. The lowest BCUT2D eigenvalue weighted by Crippen LogP contribution is -2.39. The van der Waals surface area contributed by atoms with Crippen LogP contribution in [0.5, 0.6) is 0 Å². The van der Waals surface area contributed by atoms with Gasteiger partial charge in [-0.2, -0.15) is 0 Å². The molecular weight excluding hydrogens is 290 g/mol. The van der Waals surface area contributed by atoms with Crippen molar-refractivity contribution in [2.45, 2.75) is 85.0 Å². The van der Waals surface area contributed by atoms with Crippen LogP contribution in [0.4, 0.5) is 4.79 Å². The van der Waals surface area contributed by atoms with Crippen molar-refractivity contribution in [3.8, 4) is 0 Å². The smallest absolute Gasteiger partial charge is 0.251 e. The molecule has 0 N–H and O–H groups in total. The summed E-state index contributed by atoms with van der Waals surface area (Å²) in [6, 6.07) is 0. The molecule has 140 valence electrons. The fourth-order valence-electron chi connectivity index (χ4n) is 2.30. The first-order valence-electron chi connectivity index (χ1n) is 9.55. The maximum Gasteiger partial charge on any atom is 0.251 e. The van der Waals surface area contributed by atoms with Crippen molar-refractivity contribution in [3.05, 3.63) is 0 Å². The summed E-state index contributed by atoms with van der Waals surface area (Å²) in [7, 11) is 4.68. The van der Waals surface area contributed by atoms with Gasteiger partial charge < -0.3 is 19.1 Å². The second-order valence-corrected chi connectivity index (χ2v) is 6.84. The molecule has 0 aliphatic carbocycles. The van der Waals surface area contributed by atoms with Crippen LogP contribution in [0, 0.1) is 0 Å². The molecule has 0 rings (SSSR count). The molecule has 0 saturated heterocycles. The largest absolute Gasteiger partial charge is 0.550 e. The van der Waals surface area contributed by atoms with Crippen molar-refractivity contribution < 1.29 is 19.1 Å².